The van der Waals surface area contributed by atoms with Gasteiger partial charge in [0.15, 0.2) is 0 Å². The number of nitrogens with one attached hydrogen (secondary N) is 1. The third-order valence-corrected chi connectivity index (χ3v) is 8.71. The number of nitrogens with zero attached hydrogens (tertiary/aromatic N) is 3. The molecule has 8 heteroatoms. The van der Waals surface area contributed by atoms with Crippen LogP contribution in [0.3, 0.4) is 0 Å². The summed E-state index contributed by atoms with van der Waals surface area (Å²) in [4.78, 5) is 9.51. The van der Waals surface area contributed by atoms with Crippen LogP contribution in [0.1, 0.15) is 37.7 Å². The van der Waals surface area contributed by atoms with E-state index in [1.165, 1.54) is 57.5 Å². The van der Waals surface area contributed by atoms with E-state index in [1.807, 2.05) is 42.5 Å². The minimum Gasteiger partial charge on any atom is -0.439 e. The number of sulfonamides is 1. The largest absolute Gasteiger partial charge is 0.439 e. The highest BCUT2D eigenvalue weighted by Gasteiger charge is 2.25. The van der Waals surface area contributed by atoms with Gasteiger partial charge in [0.2, 0.25) is 5.88 Å². The summed E-state index contributed by atoms with van der Waals surface area (Å²) in [7, 11) is -3.76. The molecule has 0 unspecified atom stereocenters. The number of aromatic nitrogens is 1. The Kier molecular flexibility index (Phi) is 8.38. The Hall–Kier alpha value is -2.94. The lowest BCUT2D eigenvalue weighted by atomic mass is 9.99. The number of piperidine rings is 2. The highest BCUT2D eigenvalue weighted by atomic mass is 32.2. The van der Waals surface area contributed by atoms with Gasteiger partial charge in [0.05, 0.1) is 6.20 Å². The third kappa shape index (κ3) is 7.09. The molecule has 1 aromatic heterocycles. The van der Waals surface area contributed by atoms with E-state index < -0.39 is 10.0 Å². The number of hydrogen-bond acceptors (Lipinski definition) is 6. The zero-order valence-electron chi connectivity index (χ0n) is 21.3. The Balaban J connectivity index is 1.13. The molecule has 3 aromatic rings. The van der Waals surface area contributed by atoms with Gasteiger partial charge in [-0.1, -0.05) is 36.8 Å². The van der Waals surface area contributed by atoms with Gasteiger partial charge in [-0.05, 0) is 94.2 Å². The summed E-state index contributed by atoms with van der Waals surface area (Å²) in [6.45, 7) is 5.83. The number of ether oxygens (including phenoxy) is 1. The highest BCUT2D eigenvalue weighted by molar-refractivity contribution is 7.92. The maximum atomic E-state index is 12.9. The zero-order chi connectivity index (χ0) is 25.5. The van der Waals surface area contributed by atoms with E-state index in [2.05, 4.69) is 25.6 Å². The molecule has 0 amide bonds. The Labute approximate surface area is 220 Å². The van der Waals surface area contributed by atoms with E-state index >= 15 is 0 Å². The Morgan fingerprint density at radius 1 is 0.892 bits per heavy atom. The SMILES string of the molecule is O=S(=O)(Nc1cccc(CCN2CCC(N3CCCCC3)CC2)c1)c1ccc(Oc2ccccc2)nc1. The van der Waals surface area contributed by atoms with Gasteiger partial charge < -0.3 is 14.5 Å². The minimum absolute atomic E-state index is 0.0925. The van der Waals surface area contributed by atoms with E-state index in [0.717, 1.165) is 37.7 Å². The molecule has 7 nitrogen and oxygen atoms in total. The Morgan fingerprint density at radius 2 is 1.68 bits per heavy atom. The summed E-state index contributed by atoms with van der Waals surface area (Å²) in [5.41, 5.74) is 1.69. The molecular formula is C29H36N4O3S. The van der Waals surface area contributed by atoms with Gasteiger partial charge in [0.1, 0.15) is 10.6 Å². The molecule has 2 aliphatic rings. The number of likely N-dealkylation sites (tertiary alicyclic amines) is 2. The molecule has 2 saturated heterocycles. The van der Waals surface area contributed by atoms with Gasteiger partial charge in [-0.2, -0.15) is 0 Å². The monoisotopic (exact) mass is 520 g/mol. The first-order valence-corrected chi connectivity index (χ1v) is 14.8. The molecule has 0 radical (unpaired) electrons. The van der Waals surface area contributed by atoms with Crippen molar-refractivity contribution in [3.05, 3.63) is 78.5 Å². The fraction of sp³-hybridized carbons (Fsp3) is 0.414. The van der Waals surface area contributed by atoms with Gasteiger partial charge in [0.25, 0.3) is 10.0 Å². The fourth-order valence-electron chi connectivity index (χ4n) is 5.28. The van der Waals surface area contributed by atoms with Crippen LogP contribution < -0.4 is 9.46 Å². The lowest BCUT2D eigenvalue weighted by Gasteiger charge is -2.40. The summed E-state index contributed by atoms with van der Waals surface area (Å²) >= 11 is 0. The van der Waals surface area contributed by atoms with E-state index in [9.17, 15) is 8.42 Å². The first-order valence-electron chi connectivity index (χ1n) is 13.3. The summed E-state index contributed by atoms with van der Waals surface area (Å²) < 4.78 is 34.2. The molecular weight excluding hydrogens is 484 g/mol. The average molecular weight is 521 g/mol. The van der Waals surface area contributed by atoms with Crippen molar-refractivity contribution >= 4 is 15.7 Å². The third-order valence-electron chi connectivity index (χ3n) is 7.35. The Bertz CT molecular complexity index is 1240. The van der Waals surface area contributed by atoms with E-state index in [-0.39, 0.29) is 4.90 Å². The van der Waals surface area contributed by atoms with Crippen LogP contribution in [0.4, 0.5) is 5.69 Å². The normalized spacial score (nSPS) is 17.9. The molecule has 0 atom stereocenters. The van der Waals surface area contributed by atoms with Crippen molar-refractivity contribution in [3.63, 3.8) is 0 Å². The number of anilines is 1. The molecule has 0 bridgehead atoms. The van der Waals surface area contributed by atoms with E-state index in [4.69, 9.17) is 4.74 Å². The van der Waals surface area contributed by atoms with Gasteiger partial charge in [-0.15, -0.1) is 0 Å². The van der Waals surface area contributed by atoms with Crippen LogP contribution in [0.25, 0.3) is 0 Å². The van der Waals surface area contributed by atoms with Crippen molar-refractivity contribution in [1.82, 2.24) is 14.8 Å². The van der Waals surface area contributed by atoms with Gasteiger partial charge in [-0.3, -0.25) is 4.72 Å². The fourth-order valence-corrected chi connectivity index (χ4v) is 6.27. The molecule has 3 heterocycles. The molecule has 2 aromatic carbocycles. The van der Waals surface area contributed by atoms with Crippen molar-refractivity contribution in [1.29, 1.82) is 0 Å². The molecule has 2 aliphatic heterocycles. The molecule has 0 aliphatic carbocycles. The molecule has 0 spiro atoms. The second-order valence-electron chi connectivity index (χ2n) is 9.97. The molecule has 5 rings (SSSR count). The summed E-state index contributed by atoms with van der Waals surface area (Å²) in [6, 6.07) is 20.8. The molecule has 196 valence electrons. The second-order valence-corrected chi connectivity index (χ2v) is 11.7. The number of para-hydroxylation sites is 1. The van der Waals surface area contributed by atoms with Gasteiger partial charge in [-0.25, -0.2) is 13.4 Å². The molecule has 37 heavy (non-hydrogen) atoms. The molecule has 0 saturated carbocycles. The summed E-state index contributed by atoms with van der Waals surface area (Å²) in [5, 5.41) is 0. The number of pyridine rings is 1. The highest BCUT2D eigenvalue weighted by Crippen LogP contribution is 2.23. The van der Waals surface area contributed by atoms with Crippen LogP contribution >= 0.6 is 0 Å². The van der Waals surface area contributed by atoms with Crippen LogP contribution in [0.5, 0.6) is 11.6 Å². The lowest BCUT2D eigenvalue weighted by molar-refractivity contribution is 0.0931. The average Bonchev–Trinajstić information content (AvgIpc) is 2.94. The standard InChI is InChI=1S/C29H36N4O3S/c34-37(35,28-12-13-29(30-23-28)36-27-10-3-1-4-11-27)31-25-9-7-8-24(22-25)14-19-32-20-15-26(16-21-32)33-17-5-2-6-18-33/h1,3-4,7-13,22-23,26,31H,2,5-6,14-21H2. The number of benzene rings is 2. The topological polar surface area (TPSA) is 74.8 Å². The van der Waals surface area contributed by atoms with Crippen molar-refractivity contribution in [2.24, 2.45) is 0 Å². The predicted molar refractivity (Wildman–Crippen MR) is 147 cm³/mol. The quantitative estimate of drug-likeness (QED) is 0.420. The van der Waals surface area contributed by atoms with Crippen molar-refractivity contribution in [3.8, 4) is 11.6 Å². The predicted octanol–water partition coefficient (Wildman–Crippen LogP) is 5.17. The maximum absolute atomic E-state index is 12.9. The second kappa shape index (κ2) is 12.1. The van der Waals surface area contributed by atoms with E-state index in [1.54, 1.807) is 12.1 Å². The van der Waals surface area contributed by atoms with Crippen molar-refractivity contribution in [2.45, 2.75) is 49.5 Å². The maximum Gasteiger partial charge on any atom is 0.263 e. The van der Waals surface area contributed by atoms with Gasteiger partial charge in [0, 0.05) is 24.3 Å². The molecule has 1 N–H and O–H groups in total. The Morgan fingerprint density at radius 3 is 2.41 bits per heavy atom. The van der Waals surface area contributed by atoms with Crippen LogP contribution in [-0.4, -0.2) is 62.0 Å². The number of rotatable bonds is 9. The summed E-state index contributed by atoms with van der Waals surface area (Å²) in [6.07, 6.45) is 8.81. The number of hydrogen-bond donors (Lipinski definition) is 1. The van der Waals surface area contributed by atoms with Crippen LogP contribution in [0.2, 0.25) is 0 Å². The van der Waals surface area contributed by atoms with Gasteiger partial charge >= 0.3 is 0 Å². The molecule has 2 fully saturated rings. The van der Waals surface area contributed by atoms with Crippen molar-refractivity contribution in [2.75, 3.05) is 37.4 Å². The lowest BCUT2D eigenvalue weighted by Crippen LogP contribution is -2.47. The first-order chi connectivity index (χ1) is 18.0. The first kappa shape index (κ1) is 25.7. The smallest absolute Gasteiger partial charge is 0.263 e. The summed E-state index contributed by atoms with van der Waals surface area (Å²) in [5.74, 6) is 0.985. The van der Waals surface area contributed by atoms with Crippen LogP contribution in [0, 0.1) is 0 Å². The zero-order valence-corrected chi connectivity index (χ0v) is 22.1. The van der Waals surface area contributed by atoms with Crippen molar-refractivity contribution < 1.29 is 13.2 Å². The minimum atomic E-state index is -3.76. The van der Waals surface area contributed by atoms with Crippen LogP contribution in [0.15, 0.2) is 77.8 Å². The van der Waals surface area contributed by atoms with E-state index in [0.29, 0.717) is 17.3 Å². The van der Waals surface area contributed by atoms with Crippen LogP contribution in [-0.2, 0) is 16.4 Å².